The van der Waals surface area contributed by atoms with Crippen LogP contribution in [0.2, 0.25) is 0 Å². The molecule has 0 spiro atoms. The molecule has 3 aromatic carbocycles. The zero-order valence-corrected chi connectivity index (χ0v) is 20.0. The highest BCUT2D eigenvalue weighted by molar-refractivity contribution is 7.71. The van der Waals surface area contributed by atoms with Crippen molar-refractivity contribution >= 4 is 51.4 Å². The predicted molar refractivity (Wildman–Crippen MR) is 139 cm³/mol. The molecule has 0 aliphatic carbocycles. The van der Waals surface area contributed by atoms with Gasteiger partial charge in [-0.25, -0.2) is 4.98 Å². The van der Waals surface area contributed by atoms with E-state index >= 15 is 0 Å². The monoisotopic (exact) mass is 467 g/mol. The molecule has 1 fully saturated rings. The van der Waals surface area contributed by atoms with Gasteiger partial charge in [-0.2, -0.15) is 0 Å². The maximum atomic E-state index is 13.4. The fraction of sp³-hybridized carbons (Fsp3) is 0.222. The normalized spacial score (nSPS) is 16.6. The first-order chi connectivity index (χ1) is 16.5. The molecule has 3 heterocycles. The lowest BCUT2D eigenvalue weighted by molar-refractivity contribution is 0.0726. The first kappa shape index (κ1) is 20.9. The van der Waals surface area contributed by atoms with E-state index in [4.69, 9.17) is 17.2 Å². The van der Waals surface area contributed by atoms with Gasteiger partial charge >= 0.3 is 0 Å². The third-order valence-electron chi connectivity index (χ3n) is 6.76. The second-order valence-electron chi connectivity index (χ2n) is 9.08. The molecule has 1 saturated heterocycles. The van der Waals surface area contributed by atoms with Crippen molar-refractivity contribution in [2.45, 2.75) is 19.9 Å². The van der Waals surface area contributed by atoms with Crippen LogP contribution in [0.4, 0.5) is 5.69 Å². The van der Waals surface area contributed by atoms with E-state index in [1.165, 1.54) is 11.3 Å². The van der Waals surface area contributed by atoms with Crippen molar-refractivity contribution in [2.24, 2.45) is 0 Å². The zero-order chi connectivity index (χ0) is 23.4. The van der Waals surface area contributed by atoms with Gasteiger partial charge in [-0.05, 0) is 74.1 Å². The fourth-order valence-electron chi connectivity index (χ4n) is 5.07. The summed E-state index contributed by atoms with van der Waals surface area (Å²) in [6.45, 7) is 6.48. The van der Waals surface area contributed by atoms with Crippen molar-refractivity contribution in [3.8, 4) is 0 Å². The molecule has 0 unspecified atom stereocenters. The van der Waals surface area contributed by atoms with Gasteiger partial charge in [-0.1, -0.05) is 24.3 Å². The van der Waals surface area contributed by atoms with E-state index < -0.39 is 0 Å². The summed E-state index contributed by atoms with van der Waals surface area (Å²) in [4.78, 5) is 25.9. The van der Waals surface area contributed by atoms with Gasteiger partial charge in [0.15, 0.2) is 4.77 Å². The highest BCUT2D eigenvalue weighted by Crippen LogP contribution is 2.26. The van der Waals surface area contributed by atoms with Crippen LogP contribution < -0.4 is 4.90 Å². The van der Waals surface area contributed by atoms with Crippen molar-refractivity contribution in [3.05, 3.63) is 82.6 Å². The number of nitrogens with zero attached hydrogens (tertiary/aromatic N) is 4. The Morgan fingerprint density at radius 2 is 1.91 bits per heavy atom. The number of rotatable bonds is 2. The molecule has 7 heteroatoms. The standard InChI is InChI=1S/C27H25N5OS/c1-17-6-5-7-20(14-17)31-13-12-30(16-18(31)2)26(33)19-10-11-21-23(15-19)29-27(34)32-24-9-4-3-8-22(24)28-25(21)32/h3-11,14-15,18H,12-13,16H2,1-2H3,(H,29,34)/t18-/m0/s1. The quantitative estimate of drug-likeness (QED) is 0.355. The van der Waals surface area contributed by atoms with Gasteiger partial charge in [0.2, 0.25) is 0 Å². The Kier molecular flexibility index (Phi) is 4.88. The number of para-hydroxylation sites is 2. The van der Waals surface area contributed by atoms with Crippen LogP contribution >= 0.6 is 12.2 Å². The van der Waals surface area contributed by atoms with Gasteiger partial charge in [-0.3, -0.25) is 9.20 Å². The lowest BCUT2D eigenvalue weighted by atomic mass is 10.1. The summed E-state index contributed by atoms with van der Waals surface area (Å²) in [5, 5.41) is 0.944. The van der Waals surface area contributed by atoms with Gasteiger partial charge in [0.25, 0.3) is 5.91 Å². The predicted octanol–water partition coefficient (Wildman–Crippen LogP) is 5.36. The highest BCUT2D eigenvalue weighted by atomic mass is 32.1. The van der Waals surface area contributed by atoms with Gasteiger partial charge in [0.1, 0.15) is 5.65 Å². The smallest absolute Gasteiger partial charge is 0.254 e. The first-order valence-corrected chi connectivity index (χ1v) is 12.0. The Morgan fingerprint density at radius 3 is 2.74 bits per heavy atom. The first-order valence-electron chi connectivity index (χ1n) is 11.6. The molecule has 1 atom stereocenters. The number of H-pyrrole nitrogens is 1. The average Bonchev–Trinajstić information content (AvgIpc) is 3.24. The second-order valence-corrected chi connectivity index (χ2v) is 9.47. The van der Waals surface area contributed by atoms with Crippen molar-refractivity contribution in [1.82, 2.24) is 19.3 Å². The lowest BCUT2D eigenvalue weighted by Gasteiger charge is -2.41. The number of piperazine rings is 1. The number of nitrogens with one attached hydrogen (secondary N) is 1. The SMILES string of the molecule is Cc1cccc(N2CCN(C(=O)c3ccc4c(c3)[nH]c(=S)n3c5ccccc5nc43)C[C@@H]2C)c1. The Labute approximate surface area is 202 Å². The molecule has 2 aromatic heterocycles. The molecular formula is C27H25N5OS. The Balaban J connectivity index is 1.31. The second kappa shape index (κ2) is 7.95. The number of anilines is 1. The molecule has 0 bridgehead atoms. The van der Waals surface area contributed by atoms with E-state index in [2.05, 4.69) is 48.0 Å². The zero-order valence-electron chi connectivity index (χ0n) is 19.2. The number of imidazole rings is 1. The summed E-state index contributed by atoms with van der Waals surface area (Å²) >= 11 is 5.65. The molecule has 6 nitrogen and oxygen atoms in total. The Hall–Kier alpha value is -3.71. The molecule has 1 amide bonds. The van der Waals surface area contributed by atoms with Crippen molar-refractivity contribution in [1.29, 1.82) is 0 Å². The van der Waals surface area contributed by atoms with E-state index in [0.717, 1.165) is 34.1 Å². The maximum Gasteiger partial charge on any atom is 0.254 e. The number of fused-ring (bicyclic) bond motifs is 5. The number of aromatic amines is 1. The number of carbonyl (C=O) groups excluding carboxylic acids is 1. The summed E-state index contributed by atoms with van der Waals surface area (Å²) in [6, 6.07) is 22.5. The Morgan fingerprint density at radius 1 is 1.06 bits per heavy atom. The largest absolute Gasteiger partial charge is 0.365 e. The van der Waals surface area contributed by atoms with Crippen molar-refractivity contribution < 1.29 is 4.79 Å². The molecule has 0 radical (unpaired) electrons. The van der Waals surface area contributed by atoms with Crippen LogP contribution in [0.3, 0.4) is 0 Å². The van der Waals surface area contributed by atoms with E-state index in [1.807, 2.05) is 51.8 Å². The van der Waals surface area contributed by atoms with E-state index in [0.29, 0.717) is 23.4 Å². The molecule has 5 aromatic rings. The van der Waals surface area contributed by atoms with Crippen LogP contribution in [0.15, 0.2) is 66.7 Å². The molecule has 170 valence electrons. The summed E-state index contributed by atoms with van der Waals surface area (Å²) in [6.07, 6.45) is 0. The van der Waals surface area contributed by atoms with E-state index in [9.17, 15) is 4.79 Å². The number of aromatic nitrogens is 3. The number of hydrogen-bond donors (Lipinski definition) is 1. The van der Waals surface area contributed by atoms with Gasteiger partial charge in [0.05, 0.1) is 16.6 Å². The van der Waals surface area contributed by atoms with E-state index in [1.54, 1.807) is 0 Å². The maximum absolute atomic E-state index is 13.4. The Bertz CT molecular complexity index is 1640. The highest BCUT2D eigenvalue weighted by Gasteiger charge is 2.28. The molecule has 0 saturated carbocycles. The van der Waals surface area contributed by atoms with Crippen molar-refractivity contribution in [2.75, 3.05) is 24.5 Å². The van der Waals surface area contributed by atoms with Gasteiger partial charge in [0, 0.05) is 42.3 Å². The van der Waals surface area contributed by atoms with Crippen LogP contribution in [0.25, 0.3) is 27.6 Å². The summed E-state index contributed by atoms with van der Waals surface area (Å²) in [7, 11) is 0. The number of carbonyl (C=O) groups is 1. The topological polar surface area (TPSA) is 56.6 Å². The summed E-state index contributed by atoms with van der Waals surface area (Å²) < 4.78 is 2.53. The number of amides is 1. The lowest BCUT2D eigenvalue weighted by Crippen LogP contribution is -2.53. The third-order valence-corrected chi connectivity index (χ3v) is 7.05. The van der Waals surface area contributed by atoms with Crippen LogP contribution in [0, 0.1) is 11.7 Å². The number of benzene rings is 3. The van der Waals surface area contributed by atoms with Crippen LogP contribution in [-0.4, -0.2) is 50.9 Å². The van der Waals surface area contributed by atoms with Crippen LogP contribution in [-0.2, 0) is 0 Å². The molecule has 1 aliphatic heterocycles. The minimum absolute atomic E-state index is 0.0466. The minimum atomic E-state index is 0.0466. The number of aryl methyl sites for hydroxylation is 1. The van der Waals surface area contributed by atoms with Crippen LogP contribution in [0.1, 0.15) is 22.8 Å². The fourth-order valence-corrected chi connectivity index (χ4v) is 5.37. The molecule has 1 aliphatic rings. The van der Waals surface area contributed by atoms with Crippen molar-refractivity contribution in [3.63, 3.8) is 0 Å². The van der Waals surface area contributed by atoms with Gasteiger partial charge < -0.3 is 14.8 Å². The van der Waals surface area contributed by atoms with E-state index in [-0.39, 0.29) is 11.9 Å². The minimum Gasteiger partial charge on any atom is -0.365 e. The average molecular weight is 468 g/mol. The molecule has 34 heavy (non-hydrogen) atoms. The number of hydrogen-bond acceptors (Lipinski definition) is 4. The summed E-state index contributed by atoms with van der Waals surface area (Å²) in [5.74, 6) is 0.0466. The summed E-state index contributed by atoms with van der Waals surface area (Å²) in [5.41, 5.74) is 6.63. The molecular weight excluding hydrogens is 442 g/mol. The molecule has 6 rings (SSSR count). The van der Waals surface area contributed by atoms with Gasteiger partial charge in [-0.15, -0.1) is 0 Å². The third kappa shape index (κ3) is 3.35. The van der Waals surface area contributed by atoms with Crippen LogP contribution in [0.5, 0.6) is 0 Å². The molecule has 1 N–H and O–H groups in total.